The largest absolute Gasteiger partial charge is 0.351 e. The minimum absolute atomic E-state index is 0.0187. The van der Waals surface area contributed by atoms with Crippen molar-refractivity contribution in [3.8, 4) is 5.69 Å². The van der Waals surface area contributed by atoms with Gasteiger partial charge >= 0.3 is 0 Å². The lowest BCUT2D eigenvalue weighted by Crippen LogP contribution is -2.42. The Morgan fingerprint density at radius 2 is 1.79 bits per heavy atom. The summed E-state index contributed by atoms with van der Waals surface area (Å²) in [6.45, 7) is 9.38. The van der Waals surface area contributed by atoms with Gasteiger partial charge in [-0.1, -0.05) is 20.8 Å². The number of amides is 1. The van der Waals surface area contributed by atoms with Crippen LogP contribution in [0.15, 0.2) is 35.3 Å². The highest BCUT2D eigenvalue weighted by atomic mass is 19.1. The molecular formula is C26H32FN3O3. The summed E-state index contributed by atoms with van der Waals surface area (Å²) in [6.07, 6.45) is 4.63. The molecule has 4 rings (SSSR count). The Labute approximate surface area is 193 Å². The number of fused-ring (bicyclic) bond motifs is 1. The third kappa shape index (κ3) is 5.08. The van der Waals surface area contributed by atoms with E-state index in [4.69, 9.17) is 0 Å². The predicted molar refractivity (Wildman–Crippen MR) is 126 cm³/mol. The Kier molecular flexibility index (Phi) is 6.52. The van der Waals surface area contributed by atoms with E-state index >= 15 is 0 Å². The van der Waals surface area contributed by atoms with Crippen molar-refractivity contribution in [2.75, 3.05) is 26.2 Å². The number of hydrogen-bond acceptors (Lipinski definition) is 4. The second-order valence-electron chi connectivity index (χ2n) is 10.3. The number of ketones is 1. The van der Waals surface area contributed by atoms with Gasteiger partial charge in [-0.25, -0.2) is 4.39 Å². The first-order chi connectivity index (χ1) is 15.6. The first kappa shape index (κ1) is 23.4. The molecule has 1 amide bonds. The van der Waals surface area contributed by atoms with E-state index in [9.17, 15) is 18.8 Å². The molecule has 2 heterocycles. The molecule has 1 saturated heterocycles. The minimum atomic E-state index is -0.491. The molecule has 1 aromatic carbocycles. The maximum absolute atomic E-state index is 13.5. The summed E-state index contributed by atoms with van der Waals surface area (Å²) >= 11 is 0. The molecule has 1 aliphatic heterocycles. The van der Waals surface area contributed by atoms with Gasteiger partial charge in [-0.15, -0.1) is 0 Å². The molecule has 1 N–H and O–H groups in total. The Morgan fingerprint density at radius 1 is 1.12 bits per heavy atom. The van der Waals surface area contributed by atoms with Crippen LogP contribution in [0.3, 0.4) is 0 Å². The molecular weight excluding hydrogens is 421 g/mol. The summed E-state index contributed by atoms with van der Waals surface area (Å²) in [5.74, 6) is -0.234. The van der Waals surface area contributed by atoms with E-state index in [0.717, 1.165) is 38.4 Å². The molecule has 7 heteroatoms. The summed E-state index contributed by atoms with van der Waals surface area (Å²) < 4.78 is 14.7. The van der Waals surface area contributed by atoms with Gasteiger partial charge in [0.05, 0.1) is 0 Å². The van der Waals surface area contributed by atoms with Crippen LogP contribution in [0.2, 0.25) is 0 Å². The van der Waals surface area contributed by atoms with Crippen molar-refractivity contribution in [1.29, 1.82) is 0 Å². The first-order valence-corrected chi connectivity index (χ1v) is 11.7. The number of hydrogen-bond donors (Lipinski definition) is 1. The van der Waals surface area contributed by atoms with Gasteiger partial charge in [-0.3, -0.25) is 19.0 Å². The molecule has 1 fully saturated rings. The van der Waals surface area contributed by atoms with Gasteiger partial charge in [0, 0.05) is 37.0 Å². The Balaban J connectivity index is 1.66. The van der Waals surface area contributed by atoms with Gasteiger partial charge in [0.1, 0.15) is 11.4 Å². The average Bonchev–Trinajstić information content (AvgIpc) is 2.75. The molecule has 6 nitrogen and oxygen atoms in total. The second kappa shape index (κ2) is 9.21. The molecule has 2 aliphatic rings. The third-order valence-electron chi connectivity index (χ3n) is 6.83. The van der Waals surface area contributed by atoms with Gasteiger partial charge in [0.25, 0.3) is 11.5 Å². The SMILES string of the molecule is CC1CCN(CCNC(=O)c2c3c(cn(-c4ccc(F)cc4)c2=O)C(=O)CC(C)(C)C3)CC1. The highest BCUT2D eigenvalue weighted by molar-refractivity contribution is 6.04. The van der Waals surface area contributed by atoms with E-state index in [1.54, 1.807) is 0 Å². The van der Waals surface area contributed by atoms with Gasteiger partial charge in [-0.05, 0) is 73.5 Å². The number of nitrogens with one attached hydrogen (secondary N) is 1. The second-order valence-corrected chi connectivity index (χ2v) is 10.3. The lowest BCUT2D eigenvalue weighted by atomic mass is 9.73. The van der Waals surface area contributed by atoms with E-state index in [-0.39, 0.29) is 16.8 Å². The smallest absolute Gasteiger partial charge is 0.268 e. The third-order valence-corrected chi connectivity index (χ3v) is 6.83. The van der Waals surface area contributed by atoms with Crippen molar-refractivity contribution in [3.63, 3.8) is 0 Å². The minimum Gasteiger partial charge on any atom is -0.351 e. The molecule has 0 bridgehead atoms. The highest BCUT2D eigenvalue weighted by Crippen LogP contribution is 2.35. The van der Waals surface area contributed by atoms with Crippen LogP contribution in [0.25, 0.3) is 5.69 Å². The maximum atomic E-state index is 13.5. The number of rotatable bonds is 5. The van der Waals surface area contributed by atoms with Crippen LogP contribution < -0.4 is 10.9 Å². The molecule has 1 aliphatic carbocycles. The molecule has 1 aromatic heterocycles. The number of carbonyl (C=O) groups is 2. The van der Waals surface area contributed by atoms with Crippen LogP contribution >= 0.6 is 0 Å². The topological polar surface area (TPSA) is 71.4 Å². The van der Waals surface area contributed by atoms with E-state index in [1.807, 2.05) is 13.8 Å². The molecule has 0 radical (unpaired) electrons. The van der Waals surface area contributed by atoms with E-state index < -0.39 is 17.3 Å². The number of nitrogens with zero attached hydrogens (tertiary/aromatic N) is 2. The van der Waals surface area contributed by atoms with Crippen LogP contribution in [0.1, 0.15) is 66.3 Å². The number of halogens is 1. The Bertz CT molecular complexity index is 1110. The molecule has 0 atom stereocenters. The van der Waals surface area contributed by atoms with E-state index in [1.165, 1.54) is 35.0 Å². The van der Waals surface area contributed by atoms with Crippen molar-refractivity contribution in [3.05, 3.63) is 63.3 Å². The highest BCUT2D eigenvalue weighted by Gasteiger charge is 2.36. The normalized spacial score (nSPS) is 18.7. The Hall–Kier alpha value is -2.80. The molecule has 176 valence electrons. The summed E-state index contributed by atoms with van der Waals surface area (Å²) in [5, 5.41) is 2.91. The summed E-state index contributed by atoms with van der Waals surface area (Å²) in [7, 11) is 0. The predicted octanol–water partition coefficient (Wildman–Crippen LogP) is 3.59. The van der Waals surface area contributed by atoms with E-state index in [0.29, 0.717) is 36.2 Å². The fourth-order valence-corrected chi connectivity index (χ4v) is 4.87. The van der Waals surface area contributed by atoms with Crippen molar-refractivity contribution in [2.24, 2.45) is 11.3 Å². The van der Waals surface area contributed by atoms with Crippen molar-refractivity contribution >= 4 is 11.7 Å². The fraction of sp³-hybridized carbons (Fsp3) is 0.500. The van der Waals surface area contributed by atoms with Crippen LogP contribution in [-0.2, 0) is 6.42 Å². The van der Waals surface area contributed by atoms with Crippen molar-refractivity contribution < 1.29 is 14.0 Å². The van der Waals surface area contributed by atoms with Crippen molar-refractivity contribution in [2.45, 2.75) is 46.5 Å². The molecule has 0 spiro atoms. The van der Waals surface area contributed by atoms with Crippen LogP contribution in [0.5, 0.6) is 0 Å². The molecule has 0 saturated carbocycles. The number of pyridine rings is 1. The standard InChI is InChI=1S/C26H32FN3O3/c1-17-8-11-29(12-9-17)13-10-28-24(32)23-20-14-26(2,3)15-22(31)21(20)16-30(25(23)33)19-6-4-18(27)5-7-19/h4-7,16-17H,8-15H2,1-3H3,(H,28,32). The quantitative estimate of drug-likeness (QED) is 0.751. The van der Waals surface area contributed by atoms with Crippen LogP contribution in [0, 0.1) is 17.2 Å². The number of Topliss-reactive ketones (excluding diaryl/α,β-unsaturated/α-hetero) is 1. The average molecular weight is 454 g/mol. The van der Waals surface area contributed by atoms with Gasteiger partial charge < -0.3 is 10.2 Å². The number of likely N-dealkylation sites (tertiary alicyclic amines) is 1. The number of piperidine rings is 1. The van der Waals surface area contributed by atoms with Crippen molar-refractivity contribution in [1.82, 2.24) is 14.8 Å². The number of carbonyl (C=O) groups excluding carboxylic acids is 2. The molecule has 0 unspecified atom stereocenters. The van der Waals surface area contributed by atoms with Crippen LogP contribution in [0.4, 0.5) is 4.39 Å². The summed E-state index contributed by atoms with van der Waals surface area (Å²) in [5.41, 5.74) is 0.522. The zero-order chi connectivity index (χ0) is 23.8. The molecule has 2 aromatic rings. The summed E-state index contributed by atoms with van der Waals surface area (Å²) in [6, 6.07) is 5.45. The monoisotopic (exact) mass is 453 g/mol. The van der Waals surface area contributed by atoms with E-state index in [2.05, 4.69) is 17.1 Å². The number of aromatic nitrogens is 1. The Morgan fingerprint density at radius 3 is 2.45 bits per heavy atom. The lowest BCUT2D eigenvalue weighted by molar-refractivity contribution is 0.0908. The summed E-state index contributed by atoms with van der Waals surface area (Å²) in [4.78, 5) is 42.0. The van der Waals surface area contributed by atoms with Gasteiger partial charge in [-0.2, -0.15) is 0 Å². The maximum Gasteiger partial charge on any atom is 0.268 e. The zero-order valence-electron chi connectivity index (χ0n) is 19.6. The number of benzene rings is 1. The van der Waals surface area contributed by atoms with Gasteiger partial charge in [0.2, 0.25) is 0 Å². The first-order valence-electron chi connectivity index (χ1n) is 11.7. The zero-order valence-corrected chi connectivity index (χ0v) is 19.6. The van der Waals surface area contributed by atoms with Gasteiger partial charge in [0.15, 0.2) is 5.78 Å². The molecule has 33 heavy (non-hydrogen) atoms. The fourth-order valence-electron chi connectivity index (χ4n) is 4.87. The lowest BCUT2D eigenvalue weighted by Gasteiger charge is -2.32. The van der Waals surface area contributed by atoms with Crippen LogP contribution in [-0.4, -0.2) is 47.3 Å².